The van der Waals surface area contributed by atoms with Crippen molar-refractivity contribution in [2.45, 2.75) is 26.4 Å². The van der Waals surface area contributed by atoms with Gasteiger partial charge in [0.1, 0.15) is 0 Å². The molecule has 2 aromatic rings. The number of nitrogens with one attached hydrogen (secondary N) is 1. The van der Waals surface area contributed by atoms with Crippen LogP contribution in [0.1, 0.15) is 29.0 Å². The first-order valence-corrected chi connectivity index (χ1v) is 7.09. The maximum absolute atomic E-state index is 13.6. The Morgan fingerprint density at radius 1 is 1.37 bits per heavy atom. The van der Waals surface area contributed by atoms with Crippen LogP contribution >= 0.6 is 11.3 Å². The average molecular weight is 279 g/mol. The Kier molecular flexibility index (Phi) is 4.56. The summed E-state index contributed by atoms with van der Waals surface area (Å²) in [5.41, 5.74) is 2.22. The number of ether oxygens (including phenoxy) is 1. The lowest BCUT2D eigenvalue weighted by molar-refractivity contribution is 0.385. The number of rotatable bonds is 5. The number of benzene rings is 1. The number of aryl methyl sites for hydroxylation is 1. The van der Waals surface area contributed by atoms with E-state index >= 15 is 0 Å². The Hall–Kier alpha value is -1.39. The molecule has 0 aliphatic carbocycles. The minimum absolute atomic E-state index is 0.0990. The highest BCUT2D eigenvalue weighted by Crippen LogP contribution is 2.22. The first kappa shape index (κ1) is 14.0. The topological polar surface area (TPSA) is 21.3 Å². The van der Waals surface area contributed by atoms with Crippen molar-refractivity contribution in [3.05, 3.63) is 51.5 Å². The van der Waals surface area contributed by atoms with Gasteiger partial charge in [-0.3, -0.25) is 0 Å². The molecule has 2 nitrogen and oxygen atoms in total. The second kappa shape index (κ2) is 6.17. The molecule has 0 fully saturated rings. The van der Waals surface area contributed by atoms with E-state index in [1.54, 1.807) is 17.4 Å². The van der Waals surface area contributed by atoms with Gasteiger partial charge in [0, 0.05) is 17.5 Å². The minimum Gasteiger partial charge on any atom is -0.494 e. The van der Waals surface area contributed by atoms with E-state index in [1.165, 1.54) is 23.6 Å². The fraction of sp³-hybridized carbons (Fsp3) is 0.333. The predicted octanol–water partition coefficient (Wildman–Crippen LogP) is 4.06. The van der Waals surface area contributed by atoms with Crippen LogP contribution in [-0.2, 0) is 6.54 Å². The molecule has 0 bridgehead atoms. The molecular weight excluding hydrogens is 261 g/mol. The number of hydrogen-bond acceptors (Lipinski definition) is 3. The van der Waals surface area contributed by atoms with Gasteiger partial charge < -0.3 is 10.1 Å². The van der Waals surface area contributed by atoms with Gasteiger partial charge in [-0.05, 0) is 48.6 Å². The Bertz CT molecular complexity index is 553. The van der Waals surface area contributed by atoms with Crippen LogP contribution in [0.25, 0.3) is 0 Å². The van der Waals surface area contributed by atoms with Crippen LogP contribution in [0.2, 0.25) is 0 Å². The van der Waals surface area contributed by atoms with Gasteiger partial charge >= 0.3 is 0 Å². The first-order valence-electron chi connectivity index (χ1n) is 6.21. The average Bonchev–Trinajstić information content (AvgIpc) is 2.81. The Morgan fingerprint density at radius 3 is 2.74 bits per heavy atom. The first-order chi connectivity index (χ1) is 9.11. The zero-order valence-electron chi connectivity index (χ0n) is 11.4. The molecule has 2 rings (SSSR count). The van der Waals surface area contributed by atoms with Gasteiger partial charge in [0.15, 0.2) is 11.6 Å². The SMILES string of the molecule is COc1ccc(C(C)NCc2sccc2C)cc1F. The fourth-order valence-electron chi connectivity index (χ4n) is 1.90. The summed E-state index contributed by atoms with van der Waals surface area (Å²) in [5, 5.41) is 5.50. The lowest BCUT2D eigenvalue weighted by Crippen LogP contribution is -2.18. The third kappa shape index (κ3) is 3.33. The van der Waals surface area contributed by atoms with Crippen LogP contribution in [0, 0.1) is 12.7 Å². The second-order valence-corrected chi connectivity index (χ2v) is 5.52. The molecule has 1 aromatic carbocycles. The molecule has 1 heterocycles. The lowest BCUT2D eigenvalue weighted by Gasteiger charge is -2.15. The van der Waals surface area contributed by atoms with Gasteiger partial charge in [0.25, 0.3) is 0 Å². The molecule has 0 spiro atoms. The summed E-state index contributed by atoms with van der Waals surface area (Å²) in [6.07, 6.45) is 0. The van der Waals surface area contributed by atoms with Crippen molar-refractivity contribution in [2.24, 2.45) is 0 Å². The van der Waals surface area contributed by atoms with E-state index in [0.29, 0.717) is 0 Å². The molecule has 1 N–H and O–H groups in total. The Balaban J connectivity index is 2.02. The fourth-order valence-corrected chi connectivity index (χ4v) is 2.76. The number of halogens is 1. The summed E-state index contributed by atoms with van der Waals surface area (Å²) in [6.45, 7) is 4.94. The molecule has 0 saturated heterocycles. The highest BCUT2D eigenvalue weighted by atomic mass is 32.1. The van der Waals surface area contributed by atoms with Gasteiger partial charge in [-0.25, -0.2) is 4.39 Å². The lowest BCUT2D eigenvalue weighted by atomic mass is 10.1. The van der Waals surface area contributed by atoms with Gasteiger partial charge in [-0.15, -0.1) is 11.3 Å². The molecule has 4 heteroatoms. The molecule has 1 atom stereocenters. The van der Waals surface area contributed by atoms with Crippen molar-refractivity contribution in [1.82, 2.24) is 5.32 Å². The van der Waals surface area contributed by atoms with Crippen LogP contribution in [-0.4, -0.2) is 7.11 Å². The van der Waals surface area contributed by atoms with E-state index in [4.69, 9.17) is 4.74 Å². The molecule has 0 saturated carbocycles. The van der Waals surface area contributed by atoms with Crippen molar-refractivity contribution >= 4 is 11.3 Å². The van der Waals surface area contributed by atoms with Crippen LogP contribution < -0.4 is 10.1 Å². The van der Waals surface area contributed by atoms with Crippen LogP contribution in [0.3, 0.4) is 0 Å². The third-order valence-electron chi connectivity index (χ3n) is 3.21. The van der Waals surface area contributed by atoms with Crippen LogP contribution in [0.15, 0.2) is 29.6 Å². The van der Waals surface area contributed by atoms with Crippen molar-refractivity contribution in [1.29, 1.82) is 0 Å². The molecule has 1 aromatic heterocycles. The standard InChI is InChI=1S/C15H18FNOS/c1-10-6-7-19-15(10)9-17-11(2)12-4-5-14(18-3)13(16)8-12/h4-8,11,17H,9H2,1-3H3. The summed E-state index contributed by atoms with van der Waals surface area (Å²) in [7, 11) is 1.47. The number of methoxy groups -OCH3 is 1. The smallest absolute Gasteiger partial charge is 0.165 e. The van der Waals surface area contributed by atoms with E-state index in [9.17, 15) is 4.39 Å². The van der Waals surface area contributed by atoms with E-state index < -0.39 is 0 Å². The summed E-state index contributed by atoms with van der Waals surface area (Å²) < 4.78 is 18.6. The summed E-state index contributed by atoms with van der Waals surface area (Å²) in [6, 6.07) is 7.29. The molecule has 0 radical (unpaired) electrons. The van der Waals surface area contributed by atoms with E-state index in [2.05, 4.69) is 23.7 Å². The zero-order valence-corrected chi connectivity index (χ0v) is 12.2. The minimum atomic E-state index is -0.319. The molecular formula is C15H18FNOS. The molecule has 0 aliphatic rings. The largest absolute Gasteiger partial charge is 0.494 e. The summed E-state index contributed by atoms with van der Waals surface area (Å²) in [4.78, 5) is 1.32. The molecule has 1 unspecified atom stereocenters. The van der Waals surface area contributed by atoms with Crippen molar-refractivity contribution in [2.75, 3.05) is 7.11 Å². The zero-order chi connectivity index (χ0) is 13.8. The summed E-state index contributed by atoms with van der Waals surface area (Å²) in [5.74, 6) is -0.0361. The van der Waals surface area contributed by atoms with Gasteiger partial charge in [0.05, 0.1) is 7.11 Å². The van der Waals surface area contributed by atoms with Gasteiger partial charge in [0.2, 0.25) is 0 Å². The maximum Gasteiger partial charge on any atom is 0.165 e. The molecule has 102 valence electrons. The second-order valence-electron chi connectivity index (χ2n) is 4.52. The van der Waals surface area contributed by atoms with Crippen molar-refractivity contribution in [3.8, 4) is 5.75 Å². The molecule has 19 heavy (non-hydrogen) atoms. The van der Waals surface area contributed by atoms with E-state index in [0.717, 1.165) is 12.1 Å². The monoisotopic (exact) mass is 279 g/mol. The van der Waals surface area contributed by atoms with Crippen LogP contribution in [0.5, 0.6) is 5.75 Å². The van der Waals surface area contributed by atoms with Gasteiger partial charge in [-0.1, -0.05) is 6.07 Å². The number of hydrogen-bond donors (Lipinski definition) is 1. The van der Waals surface area contributed by atoms with Crippen LogP contribution in [0.4, 0.5) is 4.39 Å². The Morgan fingerprint density at radius 2 is 2.16 bits per heavy atom. The highest BCUT2D eigenvalue weighted by Gasteiger charge is 2.10. The normalized spacial score (nSPS) is 12.4. The molecule has 0 amide bonds. The van der Waals surface area contributed by atoms with E-state index in [-0.39, 0.29) is 17.6 Å². The van der Waals surface area contributed by atoms with Gasteiger partial charge in [-0.2, -0.15) is 0 Å². The maximum atomic E-state index is 13.6. The Labute approximate surface area is 117 Å². The van der Waals surface area contributed by atoms with Crippen molar-refractivity contribution in [3.63, 3.8) is 0 Å². The van der Waals surface area contributed by atoms with E-state index in [1.807, 2.05) is 13.0 Å². The highest BCUT2D eigenvalue weighted by molar-refractivity contribution is 7.10. The van der Waals surface area contributed by atoms with Crippen molar-refractivity contribution < 1.29 is 9.13 Å². The third-order valence-corrected chi connectivity index (χ3v) is 4.24. The molecule has 0 aliphatic heterocycles. The predicted molar refractivity (Wildman–Crippen MR) is 77.3 cm³/mol. The number of thiophene rings is 1. The quantitative estimate of drug-likeness (QED) is 0.891. The summed E-state index contributed by atoms with van der Waals surface area (Å²) >= 11 is 1.74.